The Morgan fingerprint density at radius 3 is 2.87 bits per heavy atom. The number of rotatable bonds is 2. The molecule has 0 bridgehead atoms. The number of aromatic nitrogens is 2. The van der Waals surface area contributed by atoms with Gasteiger partial charge in [0.1, 0.15) is 0 Å². The van der Waals surface area contributed by atoms with Gasteiger partial charge in [-0.05, 0) is 35.3 Å². The Bertz CT molecular complexity index is 348. The van der Waals surface area contributed by atoms with Gasteiger partial charge in [-0.2, -0.15) is 0 Å². The first-order chi connectivity index (χ1) is 7.25. The van der Waals surface area contributed by atoms with Gasteiger partial charge in [-0.3, -0.25) is 10.1 Å². The van der Waals surface area contributed by atoms with Gasteiger partial charge in [0.15, 0.2) is 0 Å². The highest BCUT2D eigenvalue weighted by Crippen LogP contribution is 2.09. The summed E-state index contributed by atoms with van der Waals surface area (Å²) in [6.07, 6.45) is 5.12. The highest BCUT2D eigenvalue weighted by atomic mass is 79.9. The zero-order valence-corrected chi connectivity index (χ0v) is 9.62. The second kappa shape index (κ2) is 4.67. The Balaban J connectivity index is 1.96. The average molecular weight is 271 g/mol. The van der Waals surface area contributed by atoms with Gasteiger partial charge in [-0.15, -0.1) is 0 Å². The van der Waals surface area contributed by atoms with Crippen molar-refractivity contribution in [1.82, 2.24) is 15.3 Å². The first-order valence-corrected chi connectivity index (χ1v) is 5.57. The lowest BCUT2D eigenvalue weighted by atomic mass is 10.2. The summed E-state index contributed by atoms with van der Waals surface area (Å²) in [6, 6.07) is -0.0998. The maximum Gasteiger partial charge on any atom is 0.243 e. The molecule has 0 aliphatic carbocycles. The van der Waals surface area contributed by atoms with Crippen LogP contribution in [0.2, 0.25) is 0 Å². The van der Waals surface area contributed by atoms with Crippen molar-refractivity contribution in [2.24, 2.45) is 0 Å². The van der Waals surface area contributed by atoms with Crippen LogP contribution in [-0.2, 0) is 4.79 Å². The van der Waals surface area contributed by atoms with Gasteiger partial charge in [0.25, 0.3) is 0 Å². The molecular formula is C9H11BrN4O. The zero-order chi connectivity index (χ0) is 10.7. The van der Waals surface area contributed by atoms with Crippen molar-refractivity contribution in [3.63, 3.8) is 0 Å². The van der Waals surface area contributed by atoms with E-state index in [1.807, 2.05) is 0 Å². The summed E-state index contributed by atoms with van der Waals surface area (Å²) in [5.74, 6) is 0.284. The van der Waals surface area contributed by atoms with Crippen molar-refractivity contribution in [3.05, 3.63) is 16.9 Å². The minimum absolute atomic E-state index is 0.0603. The second-order valence-electron chi connectivity index (χ2n) is 3.36. The van der Waals surface area contributed by atoms with Crippen LogP contribution < -0.4 is 10.6 Å². The summed E-state index contributed by atoms with van der Waals surface area (Å²) in [4.78, 5) is 19.6. The quantitative estimate of drug-likeness (QED) is 0.839. The molecule has 0 aromatic carbocycles. The molecule has 1 aliphatic heterocycles. The summed E-state index contributed by atoms with van der Waals surface area (Å²) in [5, 5.41) is 5.78. The number of carbonyl (C=O) groups is 1. The van der Waals surface area contributed by atoms with Gasteiger partial charge in [-0.25, -0.2) is 9.97 Å². The molecule has 0 saturated carbocycles. The predicted molar refractivity (Wildman–Crippen MR) is 59.4 cm³/mol. The van der Waals surface area contributed by atoms with Gasteiger partial charge in [0.05, 0.1) is 10.5 Å². The summed E-state index contributed by atoms with van der Waals surface area (Å²) in [5.41, 5.74) is 0. The first kappa shape index (κ1) is 10.5. The van der Waals surface area contributed by atoms with Gasteiger partial charge >= 0.3 is 0 Å². The Kier molecular flexibility index (Phi) is 3.27. The Hall–Kier alpha value is -1.01. The van der Waals surface area contributed by atoms with Crippen molar-refractivity contribution >= 4 is 27.8 Å². The van der Waals surface area contributed by atoms with E-state index in [2.05, 4.69) is 36.5 Å². The van der Waals surface area contributed by atoms with E-state index >= 15 is 0 Å². The monoisotopic (exact) mass is 270 g/mol. The molecule has 15 heavy (non-hydrogen) atoms. The number of anilines is 1. The van der Waals surface area contributed by atoms with Crippen molar-refractivity contribution < 1.29 is 4.79 Å². The molecule has 1 aliphatic rings. The van der Waals surface area contributed by atoms with Gasteiger partial charge in [0.2, 0.25) is 11.9 Å². The fraction of sp³-hybridized carbons (Fsp3) is 0.444. The van der Waals surface area contributed by atoms with Crippen molar-refractivity contribution in [3.8, 4) is 0 Å². The van der Waals surface area contributed by atoms with E-state index in [9.17, 15) is 4.79 Å². The Morgan fingerprint density at radius 1 is 1.53 bits per heavy atom. The smallest absolute Gasteiger partial charge is 0.243 e. The third-order valence-electron chi connectivity index (χ3n) is 2.23. The van der Waals surface area contributed by atoms with Crippen LogP contribution in [0.1, 0.15) is 12.8 Å². The van der Waals surface area contributed by atoms with Crippen LogP contribution in [0, 0.1) is 0 Å². The topological polar surface area (TPSA) is 66.9 Å². The predicted octanol–water partition coefficient (Wildman–Crippen LogP) is 0.930. The number of carbonyl (C=O) groups excluding carboxylic acids is 1. The highest BCUT2D eigenvalue weighted by Gasteiger charge is 2.22. The third kappa shape index (κ3) is 2.73. The SMILES string of the molecule is O=C(Nc1ncc(Br)cn1)[C@@H]1CCCN1. The summed E-state index contributed by atoms with van der Waals surface area (Å²) >= 11 is 3.23. The van der Waals surface area contributed by atoms with Crippen LogP contribution in [0.15, 0.2) is 16.9 Å². The van der Waals surface area contributed by atoms with Gasteiger partial charge in [-0.1, -0.05) is 0 Å². The fourth-order valence-electron chi connectivity index (χ4n) is 1.48. The maximum atomic E-state index is 11.6. The summed E-state index contributed by atoms with van der Waals surface area (Å²) < 4.78 is 0.791. The van der Waals surface area contributed by atoms with Gasteiger partial charge in [0, 0.05) is 12.4 Å². The molecule has 6 heteroatoms. The highest BCUT2D eigenvalue weighted by molar-refractivity contribution is 9.10. The van der Waals surface area contributed by atoms with Crippen LogP contribution >= 0.6 is 15.9 Å². The lowest BCUT2D eigenvalue weighted by Crippen LogP contribution is -2.35. The van der Waals surface area contributed by atoms with Crippen LogP contribution in [0.5, 0.6) is 0 Å². The number of hydrogen-bond acceptors (Lipinski definition) is 4. The average Bonchev–Trinajstić information content (AvgIpc) is 2.74. The number of amides is 1. The van der Waals surface area contributed by atoms with Crippen molar-refractivity contribution in [2.45, 2.75) is 18.9 Å². The maximum absolute atomic E-state index is 11.6. The summed E-state index contributed by atoms with van der Waals surface area (Å²) in [6.45, 7) is 0.902. The van der Waals surface area contributed by atoms with Crippen LogP contribution in [0.4, 0.5) is 5.95 Å². The molecule has 0 unspecified atom stereocenters. The molecule has 5 nitrogen and oxygen atoms in total. The standard InChI is InChI=1S/C9H11BrN4O/c10-6-4-12-9(13-5-6)14-8(15)7-2-1-3-11-7/h4-5,7,11H,1-3H2,(H,12,13,14,15)/t7-/m0/s1. The minimum atomic E-state index is -0.0998. The summed E-state index contributed by atoms with van der Waals surface area (Å²) in [7, 11) is 0. The molecular weight excluding hydrogens is 260 g/mol. The minimum Gasteiger partial charge on any atom is -0.306 e. The van der Waals surface area contributed by atoms with Crippen LogP contribution in [-0.4, -0.2) is 28.5 Å². The molecule has 0 spiro atoms. The number of halogens is 1. The molecule has 2 rings (SSSR count). The van der Waals surface area contributed by atoms with Crippen LogP contribution in [0.25, 0.3) is 0 Å². The molecule has 1 aromatic heterocycles. The van der Waals surface area contributed by atoms with E-state index in [0.717, 1.165) is 23.9 Å². The first-order valence-electron chi connectivity index (χ1n) is 4.77. The Labute approximate surface area is 95.8 Å². The number of hydrogen-bond donors (Lipinski definition) is 2. The molecule has 2 N–H and O–H groups in total. The molecule has 1 amide bonds. The normalized spacial score (nSPS) is 20.2. The van der Waals surface area contributed by atoms with Crippen LogP contribution in [0.3, 0.4) is 0 Å². The zero-order valence-electron chi connectivity index (χ0n) is 8.03. The third-order valence-corrected chi connectivity index (χ3v) is 2.64. The van der Waals surface area contributed by atoms with Crippen molar-refractivity contribution in [1.29, 1.82) is 0 Å². The molecule has 2 heterocycles. The lowest BCUT2D eigenvalue weighted by Gasteiger charge is -2.09. The largest absolute Gasteiger partial charge is 0.306 e. The van der Waals surface area contributed by atoms with Gasteiger partial charge < -0.3 is 5.32 Å². The van der Waals surface area contributed by atoms with E-state index < -0.39 is 0 Å². The second-order valence-corrected chi connectivity index (χ2v) is 4.28. The molecule has 1 saturated heterocycles. The van der Waals surface area contributed by atoms with Crippen molar-refractivity contribution in [2.75, 3.05) is 11.9 Å². The number of nitrogens with zero attached hydrogens (tertiary/aromatic N) is 2. The van der Waals surface area contributed by atoms with E-state index in [1.54, 1.807) is 12.4 Å². The fourth-order valence-corrected chi connectivity index (χ4v) is 1.69. The van der Waals surface area contributed by atoms with E-state index in [4.69, 9.17) is 0 Å². The molecule has 1 fully saturated rings. The lowest BCUT2D eigenvalue weighted by molar-refractivity contribution is -0.117. The molecule has 1 atom stereocenters. The van der Waals surface area contributed by atoms with E-state index in [1.165, 1.54) is 0 Å². The van der Waals surface area contributed by atoms with E-state index in [-0.39, 0.29) is 11.9 Å². The molecule has 1 aromatic rings. The van der Waals surface area contributed by atoms with E-state index in [0.29, 0.717) is 5.95 Å². The molecule has 0 radical (unpaired) electrons. The Morgan fingerprint density at radius 2 is 2.27 bits per heavy atom. The molecule has 80 valence electrons. The number of nitrogens with one attached hydrogen (secondary N) is 2.